The summed E-state index contributed by atoms with van der Waals surface area (Å²) in [5.74, 6) is 0.745. The first-order valence-corrected chi connectivity index (χ1v) is 13.0. The zero-order valence-corrected chi connectivity index (χ0v) is 22.3. The van der Waals surface area contributed by atoms with Gasteiger partial charge in [0.05, 0.1) is 12.1 Å². The molecular formula is C22H40ClN5O2S. The fourth-order valence-corrected chi connectivity index (χ4v) is 4.65. The predicted molar refractivity (Wildman–Crippen MR) is 130 cm³/mol. The maximum Gasteiger partial charge on any atom is 0.191 e. The van der Waals surface area contributed by atoms with Crippen molar-refractivity contribution in [3.05, 3.63) is 5.15 Å². The van der Waals surface area contributed by atoms with Crippen LogP contribution in [0.3, 0.4) is 0 Å². The summed E-state index contributed by atoms with van der Waals surface area (Å²) in [6.07, 6.45) is 1.95. The van der Waals surface area contributed by atoms with Gasteiger partial charge in [0.2, 0.25) is 0 Å². The van der Waals surface area contributed by atoms with E-state index < -0.39 is 5.79 Å². The Morgan fingerprint density at radius 1 is 1.06 bits per heavy atom. The average molecular weight is 474 g/mol. The third-order valence-corrected chi connectivity index (χ3v) is 6.04. The van der Waals surface area contributed by atoms with Gasteiger partial charge in [-0.05, 0) is 32.6 Å². The van der Waals surface area contributed by atoms with Crippen molar-refractivity contribution >= 4 is 34.5 Å². The molecular weight excluding hydrogens is 434 g/mol. The molecule has 2 unspecified atom stereocenters. The lowest BCUT2D eigenvalue weighted by molar-refractivity contribution is -0.159. The van der Waals surface area contributed by atoms with Crippen LogP contribution in [0.5, 0.6) is 0 Å². The molecule has 9 heteroatoms. The number of hydrogen-bond donors (Lipinski definition) is 0. The van der Waals surface area contributed by atoms with E-state index in [0.29, 0.717) is 27.4 Å². The van der Waals surface area contributed by atoms with E-state index in [1.54, 1.807) is 11.8 Å². The molecule has 0 N–H and O–H groups in total. The van der Waals surface area contributed by atoms with Crippen LogP contribution in [0.15, 0.2) is 5.16 Å². The van der Waals surface area contributed by atoms with Gasteiger partial charge in [-0.1, -0.05) is 84.0 Å². The molecule has 0 aromatic carbocycles. The van der Waals surface area contributed by atoms with Crippen molar-refractivity contribution < 1.29 is 9.47 Å². The van der Waals surface area contributed by atoms with Crippen LogP contribution in [-0.2, 0) is 9.47 Å². The predicted octanol–water partition coefficient (Wildman–Crippen LogP) is 6.56. The van der Waals surface area contributed by atoms with Crippen molar-refractivity contribution in [1.29, 1.82) is 0 Å². The van der Waals surface area contributed by atoms with E-state index in [1.165, 1.54) is 0 Å². The maximum absolute atomic E-state index is 6.31. The minimum atomic E-state index is -0.576. The zero-order valence-electron chi connectivity index (χ0n) is 20.8. The Hall–Kier alpha value is -0.960. The van der Waals surface area contributed by atoms with Crippen molar-refractivity contribution in [2.24, 2.45) is 5.92 Å². The Morgan fingerprint density at radius 3 is 2.29 bits per heavy atom. The van der Waals surface area contributed by atoms with E-state index in [0.717, 1.165) is 18.6 Å². The summed E-state index contributed by atoms with van der Waals surface area (Å²) in [6.45, 7) is 20.2. The fraction of sp³-hybridized carbons (Fsp3) is 0.818. The second-order valence-electron chi connectivity index (χ2n) is 7.20. The van der Waals surface area contributed by atoms with Crippen molar-refractivity contribution in [2.45, 2.75) is 111 Å². The van der Waals surface area contributed by atoms with E-state index in [-0.39, 0.29) is 18.2 Å². The highest BCUT2D eigenvalue weighted by Crippen LogP contribution is 2.47. The number of fused-ring (bicyclic) bond motifs is 2. The van der Waals surface area contributed by atoms with Gasteiger partial charge in [-0.2, -0.15) is 0 Å². The van der Waals surface area contributed by atoms with Gasteiger partial charge in [0.15, 0.2) is 27.3 Å². The number of hydrogen-bond acceptors (Lipinski definition) is 7. The zero-order chi connectivity index (χ0) is 23.8. The lowest BCUT2D eigenvalue weighted by Crippen LogP contribution is -2.28. The van der Waals surface area contributed by atoms with E-state index in [9.17, 15) is 0 Å². The molecule has 1 aliphatic carbocycles. The Morgan fingerprint density at radius 2 is 1.68 bits per heavy atom. The summed E-state index contributed by atoms with van der Waals surface area (Å²) in [5.41, 5.74) is 1.21. The second-order valence-corrected chi connectivity index (χ2v) is 8.62. The first kappa shape index (κ1) is 28.1. The highest BCUT2D eigenvalue weighted by molar-refractivity contribution is 7.99. The Labute approximate surface area is 197 Å². The average Bonchev–Trinajstić information content (AvgIpc) is 3.43. The van der Waals surface area contributed by atoms with Crippen molar-refractivity contribution in [3.63, 3.8) is 0 Å². The van der Waals surface area contributed by atoms with Crippen LogP contribution in [0.25, 0.3) is 11.2 Å². The van der Waals surface area contributed by atoms with Crippen LogP contribution >= 0.6 is 23.4 Å². The van der Waals surface area contributed by atoms with Gasteiger partial charge in [-0.3, -0.25) is 0 Å². The summed E-state index contributed by atoms with van der Waals surface area (Å²) >= 11 is 7.90. The summed E-state index contributed by atoms with van der Waals surface area (Å²) in [5, 5.41) is 9.56. The Balaban J connectivity index is 0.000000739. The Bertz CT molecular complexity index is 802. The van der Waals surface area contributed by atoms with E-state index in [1.807, 2.05) is 60.1 Å². The number of ether oxygens (including phenoxy) is 2. The third-order valence-electron chi connectivity index (χ3n) is 4.73. The second kappa shape index (κ2) is 12.9. The molecule has 1 saturated heterocycles. The number of halogens is 1. The van der Waals surface area contributed by atoms with Gasteiger partial charge in [-0.25, -0.2) is 14.6 Å². The molecule has 1 aliphatic heterocycles. The smallest absolute Gasteiger partial charge is 0.191 e. The minimum Gasteiger partial charge on any atom is -0.344 e. The van der Waals surface area contributed by atoms with Gasteiger partial charge in [-0.15, -0.1) is 5.10 Å². The van der Waals surface area contributed by atoms with Crippen LogP contribution in [0.2, 0.25) is 5.15 Å². The van der Waals surface area contributed by atoms with Crippen LogP contribution in [0, 0.1) is 5.92 Å². The van der Waals surface area contributed by atoms with Gasteiger partial charge in [0.1, 0.15) is 6.10 Å². The van der Waals surface area contributed by atoms with Crippen LogP contribution in [0.1, 0.15) is 88.1 Å². The van der Waals surface area contributed by atoms with Crippen LogP contribution < -0.4 is 0 Å². The molecule has 2 fully saturated rings. The van der Waals surface area contributed by atoms with Crippen LogP contribution in [0.4, 0.5) is 0 Å². The lowest BCUT2D eigenvalue weighted by atomic mass is 10.1. The molecule has 2 aromatic rings. The van der Waals surface area contributed by atoms with Crippen molar-refractivity contribution in [1.82, 2.24) is 25.0 Å². The SMILES string of the molecule is CC.CC.CC.CCCSc1nc(Cl)c2nnn(C3CC(C)[C@H]4OC(C)(C)O[C@@H]34)c2n1. The first-order valence-electron chi connectivity index (χ1n) is 11.7. The molecule has 1 saturated carbocycles. The molecule has 0 amide bonds. The standard InChI is InChI=1S/C16H22ClN5O2S.3C2H6/c1-5-6-25-15-18-13(17)10-14(19-15)22(21-20-10)9-7-8(2)11-12(9)24-16(3,4)23-11;3*1-2/h8-9,11-12H,5-7H2,1-4H3;3*1-2H3/t8?,9?,11-,12+;;;/m1.../s1. The van der Waals surface area contributed by atoms with Gasteiger partial charge in [0.25, 0.3) is 0 Å². The van der Waals surface area contributed by atoms with Gasteiger partial charge < -0.3 is 9.47 Å². The summed E-state index contributed by atoms with van der Waals surface area (Å²) in [6, 6.07) is 0.0294. The molecule has 7 nitrogen and oxygen atoms in total. The largest absolute Gasteiger partial charge is 0.344 e. The molecule has 0 radical (unpaired) electrons. The van der Waals surface area contributed by atoms with Crippen LogP contribution in [-0.4, -0.2) is 48.7 Å². The van der Waals surface area contributed by atoms with Crippen molar-refractivity contribution in [2.75, 3.05) is 5.75 Å². The van der Waals surface area contributed by atoms with E-state index in [2.05, 4.69) is 34.1 Å². The monoisotopic (exact) mass is 473 g/mol. The normalized spacial score (nSPS) is 25.5. The number of aromatic nitrogens is 5. The molecule has 4 rings (SSSR count). The highest BCUT2D eigenvalue weighted by atomic mass is 35.5. The number of rotatable bonds is 4. The summed E-state index contributed by atoms with van der Waals surface area (Å²) in [4.78, 5) is 8.99. The topological polar surface area (TPSA) is 75.0 Å². The number of thioether (sulfide) groups is 1. The highest BCUT2D eigenvalue weighted by Gasteiger charge is 2.53. The minimum absolute atomic E-state index is 0.0294. The lowest BCUT2D eigenvalue weighted by Gasteiger charge is -2.22. The summed E-state index contributed by atoms with van der Waals surface area (Å²) < 4.78 is 14.1. The third kappa shape index (κ3) is 6.30. The molecule has 0 bridgehead atoms. The molecule has 2 aliphatic rings. The first-order chi connectivity index (χ1) is 14.9. The fourth-order valence-electron chi connectivity index (χ4n) is 3.70. The van der Waals surface area contributed by atoms with Gasteiger partial charge in [0, 0.05) is 5.75 Å². The van der Waals surface area contributed by atoms with Gasteiger partial charge >= 0.3 is 0 Å². The number of nitrogens with zero attached hydrogens (tertiary/aromatic N) is 5. The van der Waals surface area contributed by atoms with Crippen molar-refractivity contribution in [3.8, 4) is 0 Å². The molecule has 31 heavy (non-hydrogen) atoms. The van der Waals surface area contributed by atoms with E-state index in [4.69, 9.17) is 21.1 Å². The quantitative estimate of drug-likeness (QED) is 0.283. The molecule has 2 aromatic heterocycles. The molecule has 178 valence electrons. The molecule has 3 heterocycles. The van der Waals surface area contributed by atoms with E-state index >= 15 is 0 Å². The Kier molecular flexibility index (Phi) is 11.7. The molecule has 4 atom stereocenters. The summed E-state index contributed by atoms with van der Waals surface area (Å²) in [7, 11) is 0. The molecule has 0 spiro atoms. The maximum atomic E-state index is 6.31.